The van der Waals surface area contributed by atoms with Crippen LogP contribution in [0.2, 0.25) is 5.02 Å². The van der Waals surface area contributed by atoms with Crippen LogP contribution in [0.25, 0.3) is 22.1 Å². The summed E-state index contributed by atoms with van der Waals surface area (Å²) in [5, 5.41) is 9.50. The third-order valence-corrected chi connectivity index (χ3v) is 6.23. The molecule has 32 heavy (non-hydrogen) atoms. The fourth-order valence-electron chi connectivity index (χ4n) is 3.44. The number of fused-ring (bicyclic) bond motifs is 3. The maximum Gasteiger partial charge on any atom is 0.335 e. The number of benzene rings is 3. The van der Waals surface area contributed by atoms with Crippen LogP contribution in [0.4, 0.5) is 0 Å². The number of thiazole rings is 1. The zero-order valence-electron chi connectivity index (χ0n) is 16.5. The molecule has 0 spiro atoms. The zero-order valence-corrected chi connectivity index (χ0v) is 18.1. The predicted octanol–water partition coefficient (Wildman–Crippen LogP) is 4.39. The van der Waals surface area contributed by atoms with Crippen molar-refractivity contribution in [3.63, 3.8) is 0 Å². The van der Waals surface area contributed by atoms with Gasteiger partial charge in [0.25, 0.3) is 5.56 Å². The van der Waals surface area contributed by atoms with Gasteiger partial charge in [0.05, 0.1) is 26.2 Å². The summed E-state index contributed by atoms with van der Waals surface area (Å²) < 4.78 is 7.94. The highest BCUT2D eigenvalue weighted by molar-refractivity contribution is 7.15. The van der Waals surface area contributed by atoms with E-state index in [1.165, 1.54) is 17.4 Å². The molecule has 0 saturated heterocycles. The van der Waals surface area contributed by atoms with Crippen molar-refractivity contribution < 1.29 is 14.6 Å². The van der Waals surface area contributed by atoms with E-state index < -0.39 is 5.97 Å². The summed E-state index contributed by atoms with van der Waals surface area (Å²) in [7, 11) is 0. The Morgan fingerprint density at radius 3 is 2.78 bits per heavy atom. The normalized spacial score (nSPS) is 12.0. The topological polar surface area (TPSA) is 80.9 Å². The number of nitrogens with zero attached hydrogens (tertiary/aromatic N) is 2. The fourth-order valence-corrected chi connectivity index (χ4v) is 4.67. The van der Waals surface area contributed by atoms with Crippen molar-refractivity contribution >= 4 is 51.0 Å². The first-order chi connectivity index (χ1) is 15.5. The molecule has 8 heteroatoms. The largest absolute Gasteiger partial charge is 0.487 e. The lowest BCUT2D eigenvalue weighted by Crippen LogP contribution is -2.22. The Balaban J connectivity index is 1.41. The van der Waals surface area contributed by atoms with Crippen molar-refractivity contribution in [3.05, 3.63) is 103 Å². The molecule has 0 aliphatic heterocycles. The standard InChI is InChI=1S/C24H15ClN2O4S/c25-17-11-14(8-9-20(17)31-13-15-4-3-5-16(10-15)23(29)30)12-21-22(28)27-19-7-2-1-6-18(19)26-24(27)32-21/h1-12H,13H2,(H,29,30)/b21-12-. The highest BCUT2D eigenvalue weighted by atomic mass is 35.5. The zero-order chi connectivity index (χ0) is 22.2. The quantitative estimate of drug-likeness (QED) is 0.419. The van der Waals surface area contributed by atoms with Crippen LogP contribution in [0.15, 0.2) is 71.5 Å². The Morgan fingerprint density at radius 1 is 1.12 bits per heavy atom. The Bertz CT molecular complexity index is 1610. The van der Waals surface area contributed by atoms with Gasteiger partial charge >= 0.3 is 5.97 Å². The molecule has 5 aromatic rings. The van der Waals surface area contributed by atoms with Crippen LogP contribution in [0.1, 0.15) is 21.5 Å². The molecule has 158 valence electrons. The van der Waals surface area contributed by atoms with E-state index in [4.69, 9.17) is 21.4 Å². The molecule has 3 aromatic carbocycles. The molecule has 0 aliphatic carbocycles. The summed E-state index contributed by atoms with van der Waals surface area (Å²) in [6.07, 6.45) is 1.78. The number of ether oxygens (including phenoxy) is 1. The van der Waals surface area contributed by atoms with E-state index in [9.17, 15) is 9.59 Å². The van der Waals surface area contributed by atoms with Crippen LogP contribution < -0.4 is 14.8 Å². The van der Waals surface area contributed by atoms with E-state index >= 15 is 0 Å². The number of carbonyl (C=O) groups is 1. The summed E-state index contributed by atoms with van der Waals surface area (Å²) in [4.78, 5) is 29.2. The average molecular weight is 463 g/mol. The lowest BCUT2D eigenvalue weighted by atomic mass is 10.1. The third-order valence-electron chi connectivity index (χ3n) is 4.97. The highest BCUT2D eigenvalue weighted by Gasteiger charge is 2.11. The van der Waals surface area contributed by atoms with Crippen LogP contribution in [0.3, 0.4) is 0 Å². The highest BCUT2D eigenvalue weighted by Crippen LogP contribution is 2.27. The molecule has 0 unspecified atom stereocenters. The minimum absolute atomic E-state index is 0.117. The number of carboxylic acid groups (broad SMARTS) is 1. The molecular formula is C24H15ClN2O4S. The molecule has 0 saturated carbocycles. The van der Waals surface area contributed by atoms with Gasteiger partial charge in [-0.1, -0.05) is 53.3 Å². The second-order valence-corrected chi connectivity index (χ2v) is 8.53. The minimum Gasteiger partial charge on any atom is -0.487 e. The van der Waals surface area contributed by atoms with Gasteiger partial charge in [-0.25, -0.2) is 14.2 Å². The number of para-hydroxylation sites is 2. The molecule has 0 atom stereocenters. The molecule has 0 radical (unpaired) electrons. The fraction of sp³-hybridized carbons (Fsp3) is 0.0417. The van der Waals surface area contributed by atoms with Crippen LogP contribution in [0.5, 0.6) is 5.75 Å². The van der Waals surface area contributed by atoms with E-state index in [0.29, 0.717) is 20.3 Å². The monoisotopic (exact) mass is 462 g/mol. The lowest BCUT2D eigenvalue weighted by molar-refractivity contribution is 0.0696. The number of aromatic nitrogens is 2. The third kappa shape index (κ3) is 3.72. The minimum atomic E-state index is -0.989. The molecule has 6 nitrogen and oxygen atoms in total. The molecule has 1 N–H and O–H groups in total. The van der Waals surface area contributed by atoms with Gasteiger partial charge in [-0.15, -0.1) is 0 Å². The lowest BCUT2D eigenvalue weighted by Gasteiger charge is -2.09. The van der Waals surface area contributed by atoms with Gasteiger partial charge in [-0.3, -0.25) is 4.79 Å². The Hall–Kier alpha value is -3.68. The van der Waals surface area contributed by atoms with Gasteiger partial charge in [0.15, 0.2) is 4.96 Å². The molecular weight excluding hydrogens is 448 g/mol. The van der Waals surface area contributed by atoms with E-state index in [2.05, 4.69) is 4.98 Å². The van der Waals surface area contributed by atoms with Crippen molar-refractivity contribution in [1.29, 1.82) is 0 Å². The molecule has 0 fully saturated rings. The van der Waals surface area contributed by atoms with Gasteiger partial charge in [-0.05, 0) is 53.6 Å². The van der Waals surface area contributed by atoms with Gasteiger partial charge in [0.2, 0.25) is 0 Å². The molecule has 0 bridgehead atoms. The van der Waals surface area contributed by atoms with Gasteiger partial charge in [-0.2, -0.15) is 0 Å². The van der Waals surface area contributed by atoms with E-state index in [0.717, 1.165) is 22.2 Å². The van der Waals surface area contributed by atoms with Gasteiger partial charge < -0.3 is 9.84 Å². The summed E-state index contributed by atoms with van der Waals surface area (Å²) >= 11 is 7.71. The first kappa shape index (κ1) is 20.2. The van der Waals surface area contributed by atoms with E-state index in [1.54, 1.807) is 40.8 Å². The summed E-state index contributed by atoms with van der Waals surface area (Å²) in [6.45, 7) is 0.184. The maximum atomic E-state index is 12.9. The van der Waals surface area contributed by atoms with Crippen LogP contribution in [0, 0.1) is 0 Å². The molecule has 5 rings (SSSR count). The number of hydrogen-bond donors (Lipinski definition) is 1. The van der Waals surface area contributed by atoms with Crippen molar-refractivity contribution in [3.8, 4) is 5.75 Å². The van der Waals surface area contributed by atoms with Crippen molar-refractivity contribution in [2.75, 3.05) is 0 Å². The van der Waals surface area contributed by atoms with E-state index in [1.807, 2.05) is 30.3 Å². The van der Waals surface area contributed by atoms with Gasteiger partial charge in [0, 0.05) is 0 Å². The van der Waals surface area contributed by atoms with Crippen molar-refractivity contribution in [2.24, 2.45) is 0 Å². The average Bonchev–Trinajstić information content (AvgIpc) is 3.29. The molecule has 2 heterocycles. The smallest absolute Gasteiger partial charge is 0.335 e. The van der Waals surface area contributed by atoms with Gasteiger partial charge in [0.1, 0.15) is 12.4 Å². The van der Waals surface area contributed by atoms with Crippen LogP contribution in [-0.2, 0) is 6.61 Å². The predicted molar refractivity (Wildman–Crippen MR) is 125 cm³/mol. The molecule has 0 amide bonds. The van der Waals surface area contributed by atoms with E-state index in [-0.39, 0.29) is 17.7 Å². The molecule has 2 aromatic heterocycles. The maximum absolute atomic E-state index is 12.9. The Kier molecular flexibility index (Phi) is 5.13. The van der Waals surface area contributed by atoms with Crippen molar-refractivity contribution in [2.45, 2.75) is 6.61 Å². The summed E-state index contributed by atoms with van der Waals surface area (Å²) in [5.41, 5.74) is 3.15. The molecule has 0 aliphatic rings. The second kappa shape index (κ2) is 8.11. The Morgan fingerprint density at radius 2 is 1.97 bits per heavy atom. The number of imidazole rings is 1. The number of aromatic carboxylic acids is 1. The summed E-state index contributed by atoms with van der Waals surface area (Å²) in [5.74, 6) is -0.518. The Labute approximate surface area is 190 Å². The first-order valence-electron chi connectivity index (χ1n) is 9.66. The first-order valence-corrected chi connectivity index (χ1v) is 10.9. The number of rotatable bonds is 5. The number of carboxylic acids is 1. The van der Waals surface area contributed by atoms with Crippen molar-refractivity contribution in [1.82, 2.24) is 9.38 Å². The number of halogens is 1. The summed E-state index contributed by atoms with van der Waals surface area (Å²) in [6, 6.07) is 19.4. The number of hydrogen-bond acceptors (Lipinski definition) is 5. The SMILES string of the molecule is O=C(O)c1cccc(COc2ccc(/C=c3\sc4nc5ccccc5n4c3=O)cc2Cl)c1. The second-order valence-electron chi connectivity index (χ2n) is 7.12. The van der Waals surface area contributed by atoms with Crippen LogP contribution in [-0.4, -0.2) is 20.5 Å². The van der Waals surface area contributed by atoms with Crippen LogP contribution >= 0.6 is 22.9 Å².